The number of hydrogen-bond donors (Lipinski definition) is 1. The number of nitrogens with one attached hydrogen (secondary N) is 1. The summed E-state index contributed by atoms with van der Waals surface area (Å²) in [5.41, 5.74) is -0.130. The molecular weight excluding hydrogens is 216 g/mol. The number of nitrogens with zero attached hydrogens (tertiary/aromatic N) is 1. The van der Waals surface area contributed by atoms with Crippen LogP contribution in [-0.4, -0.2) is 50.7 Å². The number of carbonyl (C=O) groups excluding carboxylic acids is 1. The van der Waals surface area contributed by atoms with Crippen molar-refractivity contribution in [1.82, 2.24) is 10.2 Å². The van der Waals surface area contributed by atoms with Crippen molar-refractivity contribution in [3.05, 3.63) is 0 Å². The van der Waals surface area contributed by atoms with E-state index in [9.17, 15) is 4.79 Å². The highest BCUT2D eigenvalue weighted by Crippen LogP contribution is 2.34. The van der Waals surface area contributed by atoms with E-state index in [0.29, 0.717) is 19.1 Å². The third-order valence-electron chi connectivity index (χ3n) is 3.93. The number of methoxy groups -OCH3 is 1. The Morgan fingerprint density at radius 2 is 2.00 bits per heavy atom. The molecule has 0 aromatic rings. The summed E-state index contributed by atoms with van der Waals surface area (Å²) in [5, 5.41) is 3.33. The molecule has 17 heavy (non-hydrogen) atoms. The van der Waals surface area contributed by atoms with Crippen molar-refractivity contribution in [1.29, 1.82) is 0 Å². The summed E-state index contributed by atoms with van der Waals surface area (Å²) in [6, 6.07) is 0. The Balaban J connectivity index is 2.68. The molecule has 0 bridgehead atoms. The van der Waals surface area contributed by atoms with E-state index < -0.39 is 0 Å². The molecule has 1 fully saturated rings. The molecule has 1 aliphatic heterocycles. The van der Waals surface area contributed by atoms with E-state index in [1.54, 1.807) is 7.11 Å². The monoisotopic (exact) mass is 242 g/mol. The van der Waals surface area contributed by atoms with Crippen molar-refractivity contribution in [2.24, 2.45) is 5.41 Å². The second-order valence-corrected chi connectivity index (χ2v) is 4.76. The first kappa shape index (κ1) is 14.5. The average Bonchev–Trinajstić information content (AvgIpc) is 2.40. The lowest BCUT2D eigenvalue weighted by Gasteiger charge is -2.39. The maximum Gasteiger partial charge on any atom is 0.228 e. The topological polar surface area (TPSA) is 41.6 Å². The van der Waals surface area contributed by atoms with Crippen molar-refractivity contribution in [2.75, 3.05) is 39.9 Å². The van der Waals surface area contributed by atoms with Gasteiger partial charge in [-0.3, -0.25) is 4.79 Å². The fourth-order valence-corrected chi connectivity index (χ4v) is 2.56. The number of rotatable bonds is 6. The molecule has 0 atom stereocenters. The molecule has 1 N–H and O–H groups in total. The van der Waals surface area contributed by atoms with Gasteiger partial charge in [-0.25, -0.2) is 0 Å². The molecule has 4 heteroatoms. The van der Waals surface area contributed by atoms with E-state index in [0.717, 1.165) is 38.9 Å². The molecule has 1 heterocycles. The second-order valence-electron chi connectivity index (χ2n) is 4.76. The fourth-order valence-electron chi connectivity index (χ4n) is 2.56. The first-order chi connectivity index (χ1) is 8.20. The van der Waals surface area contributed by atoms with Crippen LogP contribution in [0, 0.1) is 5.41 Å². The largest absolute Gasteiger partial charge is 0.383 e. The Hall–Kier alpha value is -0.610. The maximum atomic E-state index is 12.6. The highest BCUT2D eigenvalue weighted by atomic mass is 16.5. The van der Waals surface area contributed by atoms with Crippen LogP contribution in [0.5, 0.6) is 0 Å². The summed E-state index contributed by atoms with van der Waals surface area (Å²) in [6.07, 6.45) is 2.87. The van der Waals surface area contributed by atoms with Crippen molar-refractivity contribution in [3.63, 3.8) is 0 Å². The first-order valence-electron chi connectivity index (χ1n) is 6.69. The smallest absolute Gasteiger partial charge is 0.228 e. The highest BCUT2D eigenvalue weighted by Gasteiger charge is 2.39. The molecule has 1 aliphatic rings. The van der Waals surface area contributed by atoms with Crippen LogP contribution in [0.25, 0.3) is 0 Å². The molecule has 0 aliphatic carbocycles. The SMILES string of the molecule is CCN(CCOC)C(=O)C1(CC)CCNCC1. The molecular formula is C13H26N2O2. The third-order valence-corrected chi connectivity index (χ3v) is 3.93. The van der Waals surface area contributed by atoms with Crippen LogP contribution in [0.15, 0.2) is 0 Å². The van der Waals surface area contributed by atoms with Crippen LogP contribution in [-0.2, 0) is 9.53 Å². The van der Waals surface area contributed by atoms with Crippen LogP contribution < -0.4 is 5.32 Å². The predicted octanol–water partition coefficient (Wildman–Crippen LogP) is 1.26. The van der Waals surface area contributed by atoms with E-state index in [1.807, 2.05) is 11.8 Å². The number of carbonyl (C=O) groups is 1. The van der Waals surface area contributed by atoms with Gasteiger partial charge in [-0.15, -0.1) is 0 Å². The maximum absolute atomic E-state index is 12.6. The average molecular weight is 242 g/mol. The van der Waals surface area contributed by atoms with Gasteiger partial charge in [0, 0.05) is 20.2 Å². The fraction of sp³-hybridized carbons (Fsp3) is 0.923. The van der Waals surface area contributed by atoms with E-state index in [1.165, 1.54) is 0 Å². The number of ether oxygens (including phenoxy) is 1. The van der Waals surface area contributed by atoms with Gasteiger partial charge in [-0.2, -0.15) is 0 Å². The molecule has 0 saturated carbocycles. The summed E-state index contributed by atoms with van der Waals surface area (Å²) in [6.45, 7) is 8.20. The lowest BCUT2D eigenvalue weighted by Crippen LogP contribution is -2.49. The molecule has 0 aromatic carbocycles. The number of hydrogen-bond acceptors (Lipinski definition) is 3. The van der Waals surface area contributed by atoms with Gasteiger partial charge in [0.2, 0.25) is 5.91 Å². The molecule has 1 rings (SSSR count). The second kappa shape index (κ2) is 6.97. The van der Waals surface area contributed by atoms with Gasteiger partial charge < -0.3 is 15.0 Å². The molecule has 0 radical (unpaired) electrons. The van der Waals surface area contributed by atoms with Crippen LogP contribution in [0.1, 0.15) is 33.1 Å². The molecule has 1 amide bonds. The molecule has 0 unspecified atom stereocenters. The Labute approximate surface area is 105 Å². The van der Waals surface area contributed by atoms with Crippen LogP contribution >= 0.6 is 0 Å². The van der Waals surface area contributed by atoms with Crippen molar-refractivity contribution in [3.8, 4) is 0 Å². The molecule has 1 saturated heterocycles. The van der Waals surface area contributed by atoms with Gasteiger partial charge in [0.05, 0.1) is 12.0 Å². The number of likely N-dealkylation sites (N-methyl/N-ethyl adjacent to an activating group) is 1. The zero-order valence-electron chi connectivity index (χ0n) is 11.4. The van der Waals surface area contributed by atoms with Crippen LogP contribution in [0.3, 0.4) is 0 Å². The van der Waals surface area contributed by atoms with Gasteiger partial charge in [-0.1, -0.05) is 6.92 Å². The number of piperidine rings is 1. The summed E-state index contributed by atoms with van der Waals surface area (Å²) >= 11 is 0. The van der Waals surface area contributed by atoms with E-state index in [4.69, 9.17) is 4.74 Å². The molecule has 100 valence electrons. The summed E-state index contributed by atoms with van der Waals surface area (Å²) in [4.78, 5) is 14.6. The van der Waals surface area contributed by atoms with Crippen molar-refractivity contribution < 1.29 is 9.53 Å². The quantitative estimate of drug-likeness (QED) is 0.762. The van der Waals surface area contributed by atoms with E-state index in [2.05, 4.69) is 12.2 Å². The Morgan fingerprint density at radius 3 is 2.47 bits per heavy atom. The number of amides is 1. The zero-order chi connectivity index (χ0) is 12.7. The van der Waals surface area contributed by atoms with Crippen molar-refractivity contribution >= 4 is 5.91 Å². The van der Waals surface area contributed by atoms with Crippen LogP contribution in [0.2, 0.25) is 0 Å². The van der Waals surface area contributed by atoms with Gasteiger partial charge in [-0.05, 0) is 39.3 Å². The van der Waals surface area contributed by atoms with E-state index in [-0.39, 0.29) is 5.41 Å². The lowest BCUT2D eigenvalue weighted by molar-refractivity contribution is -0.144. The predicted molar refractivity (Wildman–Crippen MR) is 69.0 cm³/mol. The minimum atomic E-state index is -0.130. The summed E-state index contributed by atoms with van der Waals surface area (Å²) in [5.74, 6) is 0.320. The van der Waals surface area contributed by atoms with E-state index >= 15 is 0 Å². The lowest BCUT2D eigenvalue weighted by atomic mass is 9.75. The van der Waals surface area contributed by atoms with Crippen LogP contribution in [0.4, 0.5) is 0 Å². The Morgan fingerprint density at radius 1 is 1.35 bits per heavy atom. The van der Waals surface area contributed by atoms with Gasteiger partial charge in [0.25, 0.3) is 0 Å². The molecule has 4 nitrogen and oxygen atoms in total. The normalized spacial score (nSPS) is 19.0. The Bertz CT molecular complexity index is 238. The first-order valence-corrected chi connectivity index (χ1v) is 6.69. The van der Waals surface area contributed by atoms with Gasteiger partial charge in [0.15, 0.2) is 0 Å². The zero-order valence-corrected chi connectivity index (χ0v) is 11.4. The molecule has 0 spiro atoms. The third kappa shape index (κ3) is 3.42. The standard InChI is InChI=1S/C13H26N2O2/c1-4-13(6-8-14-9-7-13)12(16)15(5-2)10-11-17-3/h14H,4-11H2,1-3H3. The summed E-state index contributed by atoms with van der Waals surface area (Å²) in [7, 11) is 1.68. The van der Waals surface area contributed by atoms with Crippen molar-refractivity contribution in [2.45, 2.75) is 33.1 Å². The summed E-state index contributed by atoms with van der Waals surface area (Å²) < 4.78 is 5.07. The Kier molecular flexibility index (Phi) is 5.92. The molecule has 0 aromatic heterocycles. The highest BCUT2D eigenvalue weighted by molar-refractivity contribution is 5.82. The van der Waals surface area contributed by atoms with Gasteiger partial charge in [0.1, 0.15) is 0 Å². The van der Waals surface area contributed by atoms with Gasteiger partial charge >= 0.3 is 0 Å². The minimum Gasteiger partial charge on any atom is -0.383 e. The minimum absolute atomic E-state index is 0.130.